The van der Waals surface area contributed by atoms with Gasteiger partial charge in [-0.15, -0.1) is 0 Å². The molecular weight excluding hydrogens is 860 g/mol. The Balaban J connectivity index is 1.16. The molecular formula is C66H67BN4. The average molecular weight is 927 g/mol. The van der Waals surface area contributed by atoms with Crippen molar-refractivity contribution in [3.05, 3.63) is 186 Å². The van der Waals surface area contributed by atoms with Crippen molar-refractivity contribution in [1.29, 1.82) is 0 Å². The second-order valence-corrected chi connectivity index (χ2v) is 25.3. The quantitative estimate of drug-likeness (QED) is 0.164. The Hall–Kier alpha value is -6.72. The molecule has 4 aliphatic rings. The first-order chi connectivity index (χ1) is 33.8. The maximum Gasteiger partial charge on any atom is 0.252 e. The van der Waals surface area contributed by atoms with Crippen molar-refractivity contribution in [2.45, 2.75) is 129 Å². The number of hydrogen-bond donors (Lipinski definition) is 0. The molecule has 0 saturated heterocycles. The molecule has 0 radical (unpaired) electrons. The number of fused-ring (bicyclic) bond motifs is 8. The van der Waals surface area contributed by atoms with Crippen molar-refractivity contribution in [2.75, 3.05) is 9.80 Å². The summed E-state index contributed by atoms with van der Waals surface area (Å²) in [6.07, 6.45) is 9.18. The molecule has 5 heteroatoms. The number of anilines is 6. The van der Waals surface area contributed by atoms with Gasteiger partial charge in [-0.25, -0.2) is 0 Å². The number of rotatable bonds is 4. The Morgan fingerprint density at radius 2 is 0.859 bits per heavy atom. The molecule has 0 amide bonds. The van der Waals surface area contributed by atoms with Gasteiger partial charge in [0.1, 0.15) is 0 Å². The van der Waals surface area contributed by atoms with Crippen LogP contribution in [-0.4, -0.2) is 15.8 Å². The third kappa shape index (κ3) is 6.63. The first-order valence-corrected chi connectivity index (χ1v) is 26.3. The second-order valence-electron chi connectivity index (χ2n) is 25.3. The Labute approximate surface area is 422 Å². The lowest BCUT2D eigenvalue weighted by atomic mass is 9.33. The maximum atomic E-state index is 2.72. The van der Waals surface area contributed by atoms with Gasteiger partial charge in [0.2, 0.25) is 0 Å². The smallest absolute Gasteiger partial charge is 0.252 e. The zero-order valence-corrected chi connectivity index (χ0v) is 43.7. The molecule has 0 spiro atoms. The van der Waals surface area contributed by atoms with Crippen LogP contribution in [0.25, 0.3) is 33.2 Å². The van der Waals surface area contributed by atoms with E-state index in [0.29, 0.717) is 0 Å². The molecule has 2 aliphatic carbocycles. The molecule has 71 heavy (non-hydrogen) atoms. The van der Waals surface area contributed by atoms with Crippen LogP contribution in [0.3, 0.4) is 0 Å². The third-order valence-electron chi connectivity index (χ3n) is 17.8. The molecule has 0 bridgehead atoms. The number of aromatic nitrogens is 2. The minimum Gasteiger partial charge on any atom is -0.316 e. The zero-order valence-electron chi connectivity index (χ0n) is 43.7. The van der Waals surface area contributed by atoms with Crippen LogP contribution in [0.4, 0.5) is 34.1 Å². The van der Waals surface area contributed by atoms with Crippen molar-refractivity contribution in [3.63, 3.8) is 0 Å². The van der Waals surface area contributed by atoms with E-state index >= 15 is 0 Å². The minimum atomic E-state index is -0.138. The summed E-state index contributed by atoms with van der Waals surface area (Å²) in [4.78, 5) is 5.35. The fourth-order valence-electron chi connectivity index (χ4n) is 13.3. The largest absolute Gasteiger partial charge is 0.316 e. The van der Waals surface area contributed by atoms with Crippen molar-refractivity contribution < 1.29 is 0 Å². The molecule has 0 saturated carbocycles. The Kier molecular flexibility index (Phi) is 9.30. The summed E-state index contributed by atoms with van der Waals surface area (Å²) in [5, 5.41) is 2.47. The van der Waals surface area contributed by atoms with E-state index in [2.05, 4.69) is 253 Å². The molecule has 0 fully saturated rings. The average Bonchev–Trinajstić information content (AvgIpc) is 3.97. The standard InChI is InChI=1S/C66H67BN4/c1-62(2,3)44-35-59-61-60(36-44)71(48-23-22-42-26-32-68(55(42)38-48)45-18-14-12-15-19-45)58-41-56-43(27-33-69(56)46-20-16-13-17-21-46)34-53(58)67(61)54-39-51-52(66(10,11)31-30-65(51,8)9)40-57(54)70(59)47-24-25-49-50(37-47)64(6,7)29-28-63(49,4)5/h12-27,32-41H,28-31H2,1-11H3. The van der Waals surface area contributed by atoms with Crippen molar-refractivity contribution in [2.24, 2.45) is 0 Å². The first kappa shape index (κ1) is 44.2. The summed E-state index contributed by atoms with van der Waals surface area (Å²) >= 11 is 0. The van der Waals surface area contributed by atoms with E-state index < -0.39 is 0 Å². The number of para-hydroxylation sites is 2. The van der Waals surface area contributed by atoms with Crippen LogP contribution >= 0.6 is 0 Å². The van der Waals surface area contributed by atoms with Crippen molar-refractivity contribution in [3.8, 4) is 11.4 Å². The predicted molar refractivity (Wildman–Crippen MR) is 303 cm³/mol. The van der Waals surface area contributed by atoms with Gasteiger partial charge in [0, 0.05) is 63.3 Å². The van der Waals surface area contributed by atoms with Gasteiger partial charge in [-0.1, -0.05) is 137 Å². The number of hydrogen-bond acceptors (Lipinski definition) is 2. The van der Waals surface area contributed by atoms with Gasteiger partial charge in [0.25, 0.3) is 6.71 Å². The molecule has 0 N–H and O–H groups in total. The Morgan fingerprint density at radius 1 is 0.394 bits per heavy atom. The van der Waals surface area contributed by atoms with Gasteiger partial charge >= 0.3 is 0 Å². The topological polar surface area (TPSA) is 16.3 Å². The lowest BCUT2D eigenvalue weighted by Crippen LogP contribution is -2.62. The normalized spacial score (nSPS) is 17.9. The fraction of sp³-hybridized carbons (Fsp3) is 0.303. The summed E-state index contributed by atoms with van der Waals surface area (Å²) in [5.74, 6) is 0. The van der Waals surface area contributed by atoms with Gasteiger partial charge in [0.05, 0.1) is 11.0 Å². The van der Waals surface area contributed by atoms with Gasteiger partial charge in [0.15, 0.2) is 0 Å². The van der Waals surface area contributed by atoms with Crippen molar-refractivity contribution in [1.82, 2.24) is 9.13 Å². The summed E-state index contributed by atoms with van der Waals surface area (Å²) in [6.45, 7) is 27.0. The van der Waals surface area contributed by atoms with Gasteiger partial charge in [-0.2, -0.15) is 0 Å². The van der Waals surface area contributed by atoms with E-state index in [0.717, 1.165) is 23.5 Å². The van der Waals surface area contributed by atoms with Crippen LogP contribution in [-0.2, 0) is 27.1 Å². The zero-order chi connectivity index (χ0) is 49.1. The van der Waals surface area contributed by atoms with E-state index in [-0.39, 0.29) is 33.8 Å². The highest BCUT2D eigenvalue weighted by Gasteiger charge is 2.48. The monoisotopic (exact) mass is 927 g/mol. The molecule has 13 rings (SSSR count). The van der Waals surface area contributed by atoms with E-state index in [4.69, 9.17) is 0 Å². The van der Waals surface area contributed by atoms with Crippen LogP contribution in [0.2, 0.25) is 0 Å². The van der Waals surface area contributed by atoms with E-state index in [1.165, 1.54) is 114 Å². The van der Waals surface area contributed by atoms with Gasteiger partial charge in [-0.05, 0) is 187 Å². The van der Waals surface area contributed by atoms with Crippen LogP contribution in [0.1, 0.15) is 130 Å². The van der Waals surface area contributed by atoms with Crippen LogP contribution in [0.5, 0.6) is 0 Å². The van der Waals surface area contributed by atoms with E-state index in [1.807, 2.05) is 0 Å². The molecule has 0 unspecified atom stereocenters. The second kappa shape index (κ2) is 14.9. The van der Waals surface area contributed by atoms with E-state index in [1.54, 1.807) is 0 Å². The number of nitrogens with zero attached hydrogens (tertiary/aromatic N) is 4. The highest BCUT2D eigenvalue weighted by atomic mass is 15.2. The summed E-state index contributed by atoms with van der Waals surface area (Å²) in [6, 6.07) is 56.5. The van der Waals surface area contributed by atoms with Gasteiger partial charge < -0.3 is 18.9 Å². The van der Waals surface area contributed by atoms with Crippen molar-refractivity contribution >= 4 is 79.0 Å². The number of benzene rings is 7. The van der Waals surface area contributed by atoms with E-state index in [9.17, 15) is 0 Å². The molecule has 354 valence electrons. The maximum absolute atomic E-state index is 2.72. The first-order valence-electron chi connectivity index (χ1n) is 26.3. The molecule has 0 atom stereocenters. The lowest BCUT2D eigenvalue weighted by molar-refractivity contribution is 0.332. The minimum absolute atomic E-state index is 0.00737. The Bertz CT molecular complexity index is 3650. The molecule has 9 aromatic rings. The third-order valence-corrected chi connectivity index (χ3v) is 17.8. The van der Waals surface area contributed by atoms with Crippen LogP contribution in [0, 0.1) is 0 Å². The molecule has 7 aromatic carbocycles. The fourth-order valence-corrected chi connectivity index (χ4v) is 13.3. The predicted octanol–water partition coefficient (Wildman–Crippen LogP) is 15.7. The summed E-state index contributed by atoms with van der Waals surface area (Å²) < 4.78 is 4.72. The molecule has 4 heterocycles. The highest BCUT2D eigenvalue weighted by molar-refractivity contribution is 7.00. The SMILES string of the molecule is CC(C)(C)c1cc2c3c(c1)N(c1ccc4ccn(-c5ccccc5)c4c1)c1cc4c(ccn4-c4ccccc4)cc1B3c1cc3c(cc1N2c1ccc2c(c1)C(C)(C)CCC2(C)C)C(C)(C)CCC3(C)C. The Morgan fingerprint density at radius 3 is 1.44 bits per heavy atom. The molecule has 4 nitrogen and oxygen atoms in total. The molecule has 2 aliphatic heterocycles. The molecule has 2 aromatic heterocycles. The summed E-state index contributed by atoms with van der Waals surface area (Å²) in [7, 11) is 0. The lowest BCUT2D eigenvalue weighted by Gasteiger charge is -2.48. The van der Waals surface area contributed by atoms with Crippen LogP contribution < -0.4 is 26.2 Å². The highest BCUT2D eigenvalue weighted by Crippen LogP contribution is 2.53. The van der Waals surface area contributed by atoms with Gasteiger partial charge in [-0.3, -0.25) is 0 Å². The summed E-state index contributed by atoms with van der Waals surface area (Å²) in [5.41, 5.74) is 23.8. The van der Waals surface area contributed by atoms with Crippen LogP contribution in [0.15, 0.2) is 158 Å².